The van der Waals surface area contributed by atoms with E-state index in [1.54, 1.807) is 35.3 Å². The summed E-state index contributed by atoms with van der Waals surface area (Å²) in [5, 5.41) is 4.86. The molecule has 1 aromatic heterocycles. The Bertz CT molecular complexity index is 1210. The normalized spacial score (nSPS) is 21.6. The fourth-order valence-corrected chi connectivity index (χ4v) is 4.04. The summed E-state index contributed by atoms with van der Waals surface area (Å²) in [6.45, 7) is 3.39. The molecule has 1 aliphatic heterocycles. The summed E-state index contributed by atoms with van der Waals surface area (Å²) in [5.41, 5.74) is 3.17. The highest BCUT2D eigenvalue weighted by atomic mass is 35.5. The zero-order valence-corrected chi connectivity index (χ0v) is 19.7. The molecule has 0 bridgehead atoms. The zero-order chi connectivity index (χ0) is 23.3. The summed E-state index contributed by atoms with van der Waals surface area (Å²) in [4.78, 5) is 4.03. The van der Waals surface area contributed by atoms with E-state index in [9.17, 15) is 4.39 Å². The third-order valence-electron chi connectivity index (χ3n) is 5.80. The second-order valence-corrected chi connectivity index (χ2v) is 8.83. The molecule has 2 aromatic carbocycles. The largest absolute Gasteiger partial charge is 0.385 e. The van der Waals surface area contributed by atoms with Gasteiger partial charge < -0.3 is 10.5 Å². The van der Waals surface area contributed by atoms with Gasteiger partial charge in [0, 0.05) is 22.3 Å². The standard InChI is InChI=1S/C23H22ClF3N4O.ClH/c1-21(2)23(26,27)22(3,30-20(28)13-32-21)18-9-14(7-8-19(18)25)15-11-29-31(12-15)17-6-4-5-16(24)10-17;/h4-12H,13H2,1-3H3,(H2,28,30);1H. The van der Waals surface area contributed by atoms with E-state index in [0.717, 1.165) is 11.8 Å². The first-order valence-corrected chi connectivity index (χ1v) is 10.3. The Morgan fingerprint density at radius 3 is 2.52 bits per heavy atom. The smallest absolute Gasteiger partial charge is 0.304 e. The molecule has 2 N–H and O–H groups in total. The molecule has 0 radical (unpaired) electrons. The number of aliphatic imine (C=N–C) groups is 1. The summed E-state index contributed by atoms with van der Waals surface area (Å²) >= 11 is 6.05. The molecule has 0 fully saturated rings. The molecule has 4 rings (SSSR count). The topological polar surface area (TPSA) is 65.4 Å². The molecule has 10 heteroatoms. The maximum atomic E-state index is 15.6. The van der Waals surface area contributed by atoms with Crippen molar-refractivity contribution in [3.8, 4) is 16.8 Å². The molecule has 33 heavy (non-hydrogen) atoms. The van der Waals surface area contributed by atoms with Crippen LogP contribution in [0.5, 0.6) is 0 Å². The number of ether oxygens (including phenoxy) is 1. The van der Waals surface area contributed by atoms with Crippen molar-refractivity contribution in [3.63, 3.8) is 0 Å². The molecule has 0 saturated heterocycles. The number of hydrogen-bond acceptors (Lipinski definition) is 4. The SMILES string of the molecule is CC1(C)OCC(N)=NC(C)(c2cc(-c3cnn(-c4cccc(Cl)c4)c3)ccc2F)C1(F)F.Cl. The van der Waals surface area contributed by atoms with Crippen LogP contribution in [0.15, 0.2) is 59.9 Å². The lowest BCUT2D eigenvalue weighted by molar-refractivity contribution is -0.214. The minimum atomic E-state index is -3.56. The van der Waals surface area contributed by atoms with Crippen molar-refractivity contribution in [2.75, 3.05) is 6.61 Å². The monoisotopic (exact) mass is 498 g/mol. The van der Waals surface area contributed by atoms with Gasteiger partial charge in [-0.2, -0.15) is 5.10 Å². The lowest BCUT2D eigenvalue weighted by Crippen LogP contribution is -2.56. The number of aromatic nitrogens is 2. The molecule has 0 amide bonds. The predicted octanol–water partition coefficient (Wildman–Crippen LogP) is 5.77. The number of nitrogens with zero attached hydrogens (tertiary/aromatic N) is 3. The van der Waals surface area contributed by atoms with Crippen molar-refractivity contribution in [3.05, 3.63) is 71.3 Å². The zero-order valence-electron chi connectivity index (χ0n) is 18.2. The highest BCUT2D eigenvalue weighted by Crippen LogP contribution is 2.51. The third-order valence-corrected chi connectivity index (χ3v) is 6.03. The third kappa shape index (κ3) is 4.23. The van der Waals surface area contributed by atoms with E-state index in [1.165, 1.54) is 32.9 Å². The maximum absolute atomic E-state index is 15.6. The van der Waals surface area contributed by atoms with E-state index in [0.29, 0.717) is 16.1 Å². The Hall–Kier alpha value is -2.55. The molecule has 176 valence electrons. The Labute approximate surface area is 200 Å². The van der Waals surface area contributed by atoms with Crippen LogP contribution in [0.2, 0.25) is 5.02 Å². The molecule has 0 aliphatic carbocycles. The van der Waals surface area contributed by atoms with E-state index in [2.05, 4.69) is 10.1 Å². The van der Waals surface area contributed by atoms with E-state index >= 15 is 8.78 Å². The quantitative estimate of drug-likeness (QED) is 0.498. The van der Waals surface area contributed by atoms with Gasteiger partial charge in [0.1, 0.15) is 23.9 Å². The summed E-state index contributed by atoms with van der Waals surface area (Å²) < 4.78 is 53.1. The minimum absolute atomic E-state index is 0. The number of halogens is 5. The Balaban J connectivity index is 0.00000306. The van der Waals surface area contributed by atoms with Crippen LogP contribution in [-0.4, -0.2) is 33.7 Å². The Morgan fingerprint density at radius 2 is 1.82 bits per heavy atom. The first kappa shape index (κ1) is 25.1. The number of nitrogens with two attached hydrogens (primary N) is 1. The summed E-state index contributed by atoms with van der Waals surface area (Å²) in [5.74, 6) is -4.50. The fourth-order valence-electron chi connectivity index (χ4n) is 3.86. The highest BCUT2D eigenvalue weighted by molar-refractivity contribution is 6.30. The first-order valence-electron chi connectivity index (χ1n) is 9.91. The van der Waals surface area contributed by atoms with Gasteiger partial charge in [-0.05, 0) is 56.7 Å². The van der Waals surface area contributed by atoms with Gasteiger partial charge >= 0.3 is 5.92 Å². The molecule has 2 heterocycles. The van der Waals surface area contributed by atoms with Crippen molar-refractivity contribution < 1.29 is 17.9 Å². The molecule has 1 atom stereocenters. The van der Waals surface area contributed by atoms with Crippen molar-refractivity contribution in [1.29, 1.82) is 0 Å². The summed E-state index contributed by atoms with van der Waals surface area (Å²) in [7, 11) is 0. The van der Waals surface area contributed by atoms with E-state index in [4.69, 9.17) is 22.1 Å². The average Bonchev–Trinajstić information content (AvgIpc) is 3.20. The maximum Gasteiger partial charge on any atom is 0.304 e. The number of amidine groups is 1. The number of rotatable bonds is 3. The molecular weight excluding hydrogens is 476 g/mol. The van der Waals surface area contributed by atoms with E-state index < -0.39 is 22.9 Å². The van der Waals surface area contributed by atoms with Gasteiger partial charge in [0.25, 0.3) is 0 Å². The fraction of sp³-hybridized carbons (Fsp3) is 0.304. The molecule has 3 aromatic rings. The van der Waals surface area contributed by atoms with Gasteiger partial charge in [-0.15, -0.1) is 12.4 Å². The van der Waals surface area contributed by atoms with Gasteiger partial charge in [-0.25, -0.2) is 17.9 Å². The summed E-state index contributed by atoms with van der Waals surface area (Å²) in [6, 6.07) is 11.1. The molecule has 1 aliphatic rings. The van der Waals surface area contributed by atoms with E-state index in [1.807, 2.05) is 6.07 Å². The van der Waals surface area contributed by atoms with Crippen molar-refractivity contribution in [2.45, 2.75) is 37.8 Å². The highest BCUT2D eigenvalue weighted by Gasteiger charge is 2.63. The van der Waals surface area contributed by atoms with Gasteiger partial charge in [0.15, 0.2) is 5.54 Å². The summed E-state index contributed by atoms with van der Waals surface area (Å²) in [6.07, 6.45) is 3.27. The second kappa shape index (κ2) is 8.66. The molecular formula is C23H23Cl2F3N4O. The van der Waals surface area contributed by atoms with E-state index in [-0.39, 0.29) is 30.4 Å². The Kier molecular flexibility index (Phi) is 6.59. The molecule has 0 spiro atoms. The van der Waals surface area contributed by atoms with Crippen LogP contribution in [0, 0.1) is 5.82 Å². The lowest BCUT2D eigenvalue weighted by atomic mass is 9.77. The predicted molar refractivity (Wildman–Crippen MR) is 125 cm³/mol. The van der Waals surface area contributed by atoms with Crippen LogP contribution in [0.3, 0.4) is 0 Å². The lowest BCUT2D eigenvalue weighted by Gasteiger charge is -2.42. The average molecular weight is 499 g/mol. The molecule has 5 nitrogen and oxygen atoms in total. The van der Waals surface area contributed by atoms with Crippen LogP contribution in [0.4, 0.5) is 13.2 Å². The van der Waals surface area contributed by atoms with Crippen molar-refractivity contribution in [2.24, 2.45) is 10.7 Å². The second-order valence-electron chi connectivity index (χ2n) is 8.40. The number of alkyl halides is 2. The Morgan fingerprint density at radius 1 is 1.09 bits per heavy atom. The molecule has 1 unspecified atom stereocenters. The van der Waals surface area contributed by atoms with Crippen LogP contribution in [0.25, 0.3) is 16.8 Å². The van der Waals surface area contributed by atoms with Crippen LogP contribution >= 0.6 is 24.0 Å². The van der Waals surface area contributed by atoms with Gasteiger partial charge in [-0.1, -0.05) is 23.7 Å². The van der Waals surface area contributed by atoms with Crippen LogP contribution < -0.4 is 5.73 Å². The first-order chi connectivity index (χ1) is 14.9. The van der Waals surface area contributed by atoms with Gasteiger partial charge in [-0.3, -0.25) is 4.99 Å². The number of benzene rings is 2. The van der Waals surface area contributed by atoms with Gasteiger partial charge in [0.2, 0.25) is 0 Å². The molecule has 0 saturated carbocycles. The number of hydrogen-bond donors (Lipinski definition) is 1. The van der Waals surface area contributed by atoms with Crippen LogP contribution in [-0.2, 0) is 10.3 Å². The van der Waals surface area contributed by atoms with Crippen molar-refractivity contribution >= 4 is 29.8 Å². The minimum Gasteiger partial charge on any atom is -0.385 e. The van der Waals surface area contributed by atoms with Crippen molar-refractivity contribution in [1.82, 2.24) is 9.78 Å². The van der Waals surface area contributed by atoms with Gasteiger partial charge in [0.05, 0.1) is 11.9 Å². The van der Waals surface area contributed by atoms with Crippen LogP contribution in [0.1, 0.15) is 26.3 Å².